The van der Waals surface area contributed by atoms with Crippen molar-refractivity contribution in [1.29, 1.82) is 0 Å². The molecule has 1 heterocycles. The fourth-order valence-corrected chi connectivity index (χ4v) is 0.638. The number of H-pyrrole nitrogens is 1. The average Bonchev–Trinajstić information content (AvgIpc) is 2.31. The normalized spacial score (nSPS) is 8.50. The molecule has 10 heavy (non-hydrogen) atoms. The van der Waals surface area contributed by atoms with Crippen LogP contribution in [0.5, 0.6) is 0 Å². The fourth-order valence-electron chi connectivity index (χ4n) is 0.638. The van der Waals surface area contributed by atoms with Gasteiger partial charge in [0.25, 0.3) is 0 Å². The summed E-state index contributed by atoms with van der Waals surface area (Å²) in [5.41, 5.74) is -0.109. The zero-order valence-corrected chi connectivity index (χ0v) is 5.72. The molecule has 0 saturated carbocycles. The maximum atomic E-state index is 10.8. The summed E-state index contributed by atoms with van der Waals surface area (Å²) in [7, 11) is 0. The van der Waals surface area contributed by atoms with Crippen LogP contribution in [0.15, 0.2) is 17.2 Å². The zero-order valence-electron chi connectivity index (χ0n) is 5.72. The van der Waals surface area contributed by atoms with Gasteiger partial charge in [0.2, 0.25) is 0 Å². The molecule has 0 atom stereocenters. The number of aromatic amines is 1. The van der Waals surface area contributed by atoms with Gasteiger partial charge >= 0.3 is 5.69 Å². The highest BCUT2D eigenvalue weighted by atomic mass is 16.1. The minimum Gasteiger partial charge on any atom is -0.313 e. The topological polar surface area (TPSA) is 37.8 Å². The SMILES string of the molecule is CC#CCn1cc[nH]c1=O. The lowest BCUT2D eigenvalue weighted by molar-refractivity contribution is 0.798. The van der Waals surface area contributed by atoms with E-state index in [1.54, 1.807) is 19.3 Å². The standard InChI is InChI=1S/C7H8N2O/c1-2-3-5-9-6-4-8-7(9)10/h4,6H,5H2,1H3,(H,8,10). The van der Waals surface area contributed by atoms with Crippen molar-refractivity contribution in [3.63, 3.8) is 0 Å². The van der Waals surface area contributed by atoms with Gasteiger partial charge in [0.15, 0.2) is 0 Å². The predicted octanol–water partition coefficient (Wildman–Crippen LogP) is 0.200. The summed E-state index contributed by atoms with van der Waals surface area (Å²) in [6.45, 7) is 2.22. The van der Waals surface area contributed by atoms with Gasteiger partial charge in [0.05, 0.1) is 6.54 Å². The van der Waals surface area contributed by atoms with Gasteiger partial charge in [0, 0.05) is 12.4 Å². The van der Waals surface area contributed by atoms with Crippen molar-refractivity contribution in [2.75, 3.05) is 0 Å². The molecule has 1 aromatic rings. The summed E-state index contributed by atoms with van der Waals surface area (Å²) < 4.78 is 1.51. The molecule has 1 aromatic heterocycles. The van der Waals surface area contributed by atoms with Crippen LogP contribution in [0.2, 0.25) is 0 Å². The fraction of sp³-hybridized carbons (Fsp3) is 0.286. The Morgan fingerprint density at radius 3 is 3.10 bits per heavy atom. The van der Waals surface area contributed by atoms with Crippen LogP contribution in [0.25, 0.3) is 0 Å². The van der Waals surface area contributed by atoms with Crippen molar-refractivity contribution in [3.8, 4) is 11.8 Å². The molecule has 0 spiro atoms. The quantitative estimate of drug-likeness (QED) is 0.550. The number of imidazole rings is 1. The van der Waals surface area contributed by atoms with Crippen LogP contribution in [-0.4, -0.2) is 9.55 Å². The Morgan fingerprint density at radius 1 is 1.80 bits per heavy atom. The van der Waals surface area contributed by atoms with Gasteiger partial charge in [0.1, 0.15) is 0 Å². The Hall–Kier alpha value is -1.43. The van der Waals surface area contributed by atoms with Crippen LogP contribution in [0, 0.1) is 11.8 Å². The summed E-state index contributed by atoms with van der Waals surface area (Å²) in [5, 5.41) is 0. The third kappa shape index (κ3) is 1.29. The van der Waals surface area contributed by atoms with E-state index in [2.05, 4.69) is 16.8 Å². The molecule has 0 saturated heterocycles. The van der Waals surface area contributed by atoms with E-state index in [-0.39, 0.29) is 5.69 Å². The van der Waals surface area contributed by atoms with Crippen LogP contribution < -0.4 is 5.69 Å². The molecule has 1 rings (SSSR count). The zero-order chi connectivity index (χ0) is 7.40. The predicted molar refractivity (Wildman–Crippen MR) is 38.5 cm³/mol. The van der Waals surface area contributed by atoms with Crippen molar-refractivity contribution < 1.29 is 0 Å². The first kappa shape index (κ1) is 6.69. The van der Waals surface area contributed by atoms with E-state index in [1.807, 2.05) is 0 Å². The maximum Gasteiger partial charge on any atom is 0.326 e. The Kier molecular flexibility index (Phi) is 1.96. The van der Waals surface area contributed by atoms with Crippen LogP contribution in [0.4, 0.5) is 0 Å². The smallest absolute Gasteiger partial charge is 0.313 e. The number of hydrogen-bond donors (Lipinski definition) is 1. The molecule has 52 valence electrons. The first-order valence-corrected chi connectivity index (χ1v) is 2.98. The van der Waals surface area contributed by atoms with E-state index in [0.29, 0.717) is 6.54 Å². The molecule has 0 aliphatic rings. The Bertz CT molecular complexity index is 310. The highest BCUT2D eigenvalue weighted by Gasteiger charge is 1.89. The second-order valence-corrected chi connectivity index (χ2v) is 1.82. The van der Waals surface area contributed by atoms with Gasteiger partial charge in [-0.05, 0) is 6.92 Å². The minimum absolute atomic E-state index is 0.109. The maximum absolute atomic E-state index is 10.8. The molecule has 0 aliphatic carbocycles. The largest absolute Gasteiger partial charge is 0.326 e. The van der Waals surface area contributed by atoms with Gasteiger partial charge in [-0.25, -0.2) is 4.79 Å². The van der Waals surface area contributed by atoms with E-state index in [1.165, 1.54) is 4.57 Å². The number of aromatic nitrogens is 2. The molecule has 3 nitrogen and oxygen atoms in total. The molecule has 0 aliphatic heterocycles. The highest BCUT2D eigenvalue weighted by Crippen LogP contribution is 1.75. The lowest BCUT2D eigenvalue weighted by Crippen LogP contribution is -2.15. The Labute approximate surface area is 58.7 Å². The monoisotopic (exact) mass is 136 g/mol. The van der Waals surface area contributed by atoms with E-state index >= 15 is 0 Å². The summed E-state index contributed by atoms with van der Waals surface area (Å²) in [5.74, 6) is 5.49. The first-order valence-electron chi connectivity index (χ1n) is 2.98. The molecule has 0 amide bonds. The second kappa shape index (κ2) is 2.92. The van der Waals surface area contributed by atoms with E-state index in [0.717, 1.165) is 0 Å². The molecule has 0 aromatic carbocycles. The summed E-state index contributed by atoms with van der Waals surface area (Å²) in [4.78, 5) is 13.3. The van der Waals surface area contributed by atoms with Gasteiger partial charge < -0.3 is 4.98 Å². The number of nitrogens with zero attached hydrogens (tertiary/aromatic N) is 1. The number of nitrogens with one attached hydrogen (secondary N) is 1. The lowest BCUT2D eigenvalue weighted by Gasteiger charge is -1.87. The second-order valence-electron chi connectivity index (χ2n) is 1.82. The average molecular weight is 136 g/mol. The molecule has 0 bridgehead atoms. The molecule has 3 heteroatoms. The van der Waals surface area contributed by atoms with Crippen molar-refractivity contribution >= 4 is 0 Å². The van der Waals surface area contributed by atoms with Crippen molar-refractivity contribution in [1.82, 2.24) is 9.55 Å². The van der Waals surface area contributed by atoms with Gasteiger partial charge in [-0.3, -0.25) is 4.57 Å². The molecular formula is C7H8N2O. The van der Waals surface area contributed by atoms with Crippen LogP contribution in [0.1, 0.15) is 6.92 Å². The Morgan fingerprint density at radius 2 is 2.60 bits per heavy atom. The molecule has 0 fully saturated rings. The van der Waals surface area contributed by atoms with Crippen LogP contribution >= 0.6 is 0 Å². The molecular weight excluding hydrogens is 128 g/mol. The van der Waals surface area contributed by atoms with Crippen molar-refractivity contribution in [3.05, 3.63) is 22.9 Å². The van der Waals surface area contributed by atoms with E-state index < -0.39 is 0 Å². The lowest BCUT2D eigenvalue weighted by atomic mass is 10.6. The van der Waals surface area contributed by atoms with Crippen LogP contribution in [0.3, 0.4) is 0 Å². The van der Waals surface area contributed by atoms with Gasteiger partial charge in [-0.15, -0.1) is 5.92 Å². The van der Waals surface area contributed by atoms with E-state index in [4.69, 9.17) is 0 Å². The third-order valence-corrected chi connectivity index (χ3v) is 1.15. The Balaban J connectivity index is 2.82. The van der Waals surface area contributed by atoms with Crippen molar-refractivity contribution in [2.24, 2.45) is 0 Å². The van der Waals surface area contributed by atoms with Gasteiger partial charge in [-0.2, -0.15) is 0 Å². The summed E-state index contributed by atoms with van der Waals surface area (Å²) in [6.07, 6.45) is 3.27. The number of rotatable bonds is 1. The molecule has 0 radical (unpaired) electrons. The summed E-state index contributed by atoms with van der Waals surface area (Å²) >= 11 is 0. The molecule has 0 unspecified atom stereocenters. The van der Waals surface area contributed by atoms with E-state index in [9.17, 15) is 4.79 Å². The molecule has 1 N–H and O–H groups in total. The summed E-state index contributed by atoms with van der Waals surface area (Å²) in [6, 6.07) is 0. The number of hydrogen-bond acceptors (Lipinski definition) is 1. The van der Waals surface area contributed by atoms with Crippen LogP contribution in [-0.2, 0) is 6.54 Å². The third-order valence-electron chi connectivity index (χ3n) is 1.15. The highest BCUT2D eigenvalue weighted by molar-refractivity contribution is 4.96. The van der Waals surface area contributed by atoms with Gasteiger partial charge in [-0.1, -0.05) is 5.92 Å². The first-order chi connectivity index (χ1) is 4.84. The van der Waals surface area contributed by atoms with Crippen molar-refractivity contribution in [2.45, 2.75) is 13.5 Å². The minimum atomic E-state index is -0.109.